The van der Waals surface area contributed by atoms with Gasteiger partial charge in [-0.1, -0.05) is 30.3 Å². The van der Waals surface area contributed by atoms with Crippen molar-refractivity contribution in [3.05, 3.63) is 35.9 Å². The Morgan fingerprint density at radius 3 is 2.50 bits per heavy atom. The molecule has 0 bridgehead atoms. The molecule has 1 atom stereocenters. The first kappa shape index (κ1) is 23.2. The average Bonchev–Trinajstić information content (AvgIpc) is 3.18. The third-order valence-electron chi connectivity index (χ3n) is 4.77. The van der Waals surface area contributed by atoms with Gasteiger partial charge in [-0.3, -0.25) is 9.89 Å². The van der Waals surface area contributed by atoms with Crippen molar-refractivity contribution >= 4 is 29.9 Å². The third-order valence-corrected chi connectivity index (χ3v) is 4.77. The number of rotatable bonds is 10. The van der Waals surface area contributed by atoms with E-state index in [4.69, 9.17) is 4.74 Å². The number of hydrogen-bond donors (Lipinski definition) is 2. The SMILES string of the molecule is CN=C(NCCCCCOC)NCC(c1ccccc1)N1CCCC1.I. The van der Waals surface area contributed by atoms with Crippen LogP contribution in [0.2, 0.25) is 0 Å². The zero-order valence-electron chi connectivity index (χ0n) is 16.2. The van der Waals surface area contributed by atoms with Crippen molar-refractivity contribution in [3.63, 3.8) is 0 Å². The summed E-state index contributed by atoms with van der Waals surface area (Å²) in [4.78, 5) is 6.95. The minimum absolute atomic E-state index is 0. The van der Waals surface area contributed by atoms with Crippen molar-refractivity contribution < 1.29 is 4.74 Å². The molecule has 1 aromatic carbocycles. The molecule has 2 rings (SSSR count). The molecule has 148 valence electrons. The maximum Gasteiger partial charge on any atom is 0.191 e. The molecular weight excluding hydrogens is 439 g/mol. The minimum atomic E-state index is 0. The van der Waals surface area contributed by atoms with Gasteiger partial charge in [-0.25, -0.2) is 0 Å². The van der Waals surface area contributed by atoms with Crippen molar-refractivity contribution in [2.45, 2.75) is 38.1 Å². The van der Waals surface area contributed by atoms with Crippen LogP contribution in [0.5, 0.6) is 0 Å². The number of methoxy groups -OCH3 is 1. The smallest absolute Gasteiger partial charge is 0.191 e. The number of ether oxygens (including phenoxy) is 1. The summed E-state index contributed by atoms with van der Waals surface area (Å²) in [5.41, 5.74) is 1.38. The van der Waals surface area contributed by atoms with E-state index in [9.17, 15) is 0 Å². The van der Waals surface area contributed by atoms with Crippen molar-refractivity contribution in [2.24, 2.45) is 4.99 Å². The van der Waals surface area contributed by atoms with E-state index in [2.05, 4.69) is 50.9 Å². The van der Waals surface area contributed by atoms with E-state index in [1.807, 2.05) is 7.05 Å². The van der Waals surface area contributed by atoms with Crippen LogP contribution in [0.1, 0.15) is 43.7 Å². The standard InChI is InChI=1S/C20H34N4O.HI/c1-21-20(22-13-7-4-10-16-25-2)23-17-19(24-14-8-9-15-24)18-11-5-3-6-12-18;/h3,5-6,11-12,19H,4,7-10,13-17H2,1-2H3,(H2,21,22,23);1H. The Morgan fingerprint density at radius 2 is 1.85 bits per heavy atom. The quantitative estimate of drug-likeness (QED) is 0.236. The van der Waals surface area contributed by atoms with E-state index in [0.29, 0.717) is 6.04 Å². The lowest BCUT2D eigenvalue weighted by Crippen LogP contribution is -2.42. The van der Waals surface area contributed by atoms with Gasteiger partial charge in [-0.15, -0.1) is 24.0 Å². The lowest BCUT2D eigenvalue weighted by Gasteiger charge is -2.29. The highest BCUT2D eigenvalue weighted by Crippen LogP contribution is 2.24. The Labute approximate surface area is 176 Å². The zero-order chi connectivity index (χ0) is 17.7. The topological polar surface area (TPSA) is 48.9 Å². The highest BCUT2D eigenvalue weighted by molar-refractivity contribution is 14.0. The molecular formula is C20H35IN4O. The summed E-state index contributed by atoms with van der Waals surface area (Å²) in [5.74, 6) is 0.895. The van der Waals surface area contributed by atoms with Gasteiger partial charge < -0.3 is 15.4 Å². The summed E-state index contributed by atoms with van der Waals surface area (Å²) < 4.78 is 5.09. The number of likely N-dealkylation sites (tertiary alicyclic amines) is 1. The lowest BCUT2D eigenvalue weighted by molar-refractivity contribution is 0.192. The van der Waals surface area contributed by atoms with Crippen LogP contribution in [0.25, 0.3) is 0 Å². The van der Waals surface area contributed by atoms with Crippen molar-refractivity contribution in [3.8, 4) is 0 Å². The van der Waals surface area contributed by atoms with Crippen molar-refractivity contribution in [1.82, 2.24) is 15.5 Å². The predicted molar refractivity (Wildman–Crippen MR) is 120 cm³/mol. The van der Waals surface area contributed by atoms with Gasteiger partial charge in [0, 0.05) is 33.9 Å². The summed E-state index contributed by atoms with van der Waals surface area (Å²) in [6.45, 7) is 5.05. The molecule has 0 aliphatic carbocycles. The van der Waals surface area contributed by atoms with E-state index in [1.54, 1.807) is 7.11 Å². The lowest BCUT2D eigenvalue weighted by atomic mass is 10.1. The van der Waals surface area contributed by atoms with Gasteiger partial charge in [0.2, 0.25) is 0 Å². The van der Waals surface area contributed by atoms with Gasteiger partial charge in [-0.2, -0.15) is 0 Å². The molecule has 2 N–H and O–H groups in total. The van der Waals surface area contributed by atoms with E-state index in [-0.39, 0.29) is 24.0 Å². The summed E-state index contributed by atoms with van der Waals surface area (Å²) in [6, 6.07) is 11.2. The highest BCUT2D eigenvalue weighted by atomic mass is 127. The number of halogens is 1. The van der Waals surface area contributed by atoms with E-state index in [1.165, 1.54) is 37.9 Å². The van der Waals surface area contributed by atoms with Crippen LogP contribution in [-0.2, 0) is 4.74 Å². The Hall–Kier alpha value is -0.860. The number of unbranched alkanes of at least 4 members (excludes halogenated alkanes) is 2. The predicted octanol–water partition coefficient (Wildman–Crippen LogP) is 3.42. The summed E-state index contributed by atoms with van der Waals surface area (Å²) in [7, 11) is 3.60. The Kier molecular flexibility index (Phi) is 12.7. The van der Waals surface area contributed by atoms with Crippen molar-refractivity contribution in [1.29, 1.82) is 0 Å². The summed E-state index contributed by atoms with van der Waals surface area (Å²) >= 11 is 0. The van der Waals surface area contributed by atoms with Gasteiger partial charge in [-0.05, 0) is 50.8 Å². The fourth-order valence-corrected chi connectivity index (χ4v) is 3.36. The molecule has 26 heavy (non-hydrogen) atoms. The van der Waals surface area contributed by atoms with Crippen LogP contribution >= 0.6 is 24.0 Å². The summed E-state index contributed by atoms with van der Waals surface area (Å²) in [5, 5.41) is 6.94. The van der Waals surface area contributed by atoms with Gasteiger partial charge in [0.05, 0.1) is 6.04 Å². The second-order valence-corrected chi connectivity index (χ2v) is 6.60. The van der Waals surface area contributed by atoms with Gasteiger partial charge in [0.15, 0.2) is 5.96 Å². The molecule has 0 saturated carbocycles. The Morgan fingerprint density at radius 1 is 1.12 bits per heavy atom. The minimum Gasteiger partial charge on any atom is -0.385 e. The van der Waals surface area contributed by atoms with Crippen LogP contribution in [-0.4, -0.2) is 57.8 Å². The first-order valence-corrected chi connectivity index (χ1v) is 9.57. The van der Waals surface area contributed by atoms with Crippen LogP contribution in [0, 0.1) is 0 Å². The van der Waals surface area contributed by atoms with E-state index in [0.717, 1.165) is 38.5 Å². The van der Waals surface area contributed by atoms with Gasteiger partial charge in [0.1, 0.15) is 0 Å². The first-order chi connectivity index (χ1) is 12.3. The number of aliphatic imine (C=N–C) groups is 1. The van der Waals surface area contributed by atoms with Crippen molar-refractivity contribution in [2.75, 3.05) is 46.9 Å². The first-order valence-electron chi connectivity index (χ1n) is 9.57. The monoisotopic (exact) mass is 474 g/mol. The molecule has 0 amide bonds. The fourth-order valence-electron chi connectivity index (χ4n) is 3.36. The molecule has 1 aliphatic heterocycles. The zero-order valence-corrected chi connectivity index (χ0v) is 18.6. The number of nitrogens with one attached hydrogen (secondary N) is 2. The number of hydrogen-bond acceptors (Lipinski definition) is 3. The molecule has 6 heteroatoms. The molecule has 1 unspecified atom stereocenters. The molecule has 0 aromatic heterocycles. The molecule has 0 radical (unpaired) electrons. The molecule has 1 heterocycles. The van der Waals surface area contributed by atoms with Crippen LogP contribution in [0.4, 0.5) is 0 Å². The van der Waals surface area contributed by atoms with Gasteiger partial charge in [0.25, 0.3) is 0 Å². The summed E-state index contributed by atoms with van der Waals surface area (Å²) in [6.07, 6.45) is 6.04. The van der Waals surface area contributed by atoms with E-state index >= 15 is 0 Å². The second-order valence-electron chi connectivity index (χ2n) is 6.60. The van der Waals surface area contributed by atoms with Crippen LogP contribution < -0.4 is 10.6 Å². The highest BCUT2D eigenvalue weighted by Gasteiger charge is 2.23. The maximum absolute atomic E-state index is 5.09. The normalized spacial score (nSPS) is 16.2. The van der Waals surface area contributed by atoms with Crippen LogP contribution in [0.15, 0.2) is 35.3 Å². The average molecular weight is 474 g/mol. The Bertz CT molecular complexity index is 492. The third kappa shape index (κ3) is 8.22. The number of guanidine groups is 1. The largest absolute Gasteiger partial charge is 0.385 e. The molecule has 5 nitrogen and oxygen atoms in total. The van der Waals surface area contributed by atoms with Crippen LogP contribution in [0.3, 0.4) is 0 Å². The maximum atomic E-state index is 5.09. The molecule has 1 aromatic rings. The fraction of sp³-hybridized carbons (Fsp3) is 0.650. The number of nitrogens with zero attached hydrogens (tertiary/aromatic N) is 2. The second kappa shape index (κ2) is 14.2. The van der Waals surface area contributed by atoms with E-state index < -0.39 is 0 Å². The Balaban J connectivity index is 0.00000338. The van der Waals surface area contributed by atoms with Gasteiger partial charge >= 0.3 is 0 Å². The molecule has 1 saturated heterocycles. The number of benzene rings is 1. The molecule has 1 aliphatic rings. The molecule has 1 fully saturated rings. The molecule has 0 spiro atoms.